The number of primary amides is 1. The lowest BCUT2D eigenvalue weighted by molar-refractivity contribution is 0.100. The lowest BCUT2D eigenvalue weighted by Crippen LogP contribution is -2.43. The molecule has 1 saturated heterocycles. The Hall–Kier alpha value is -4.23. The molecule has 7 heteroatoms. The highest BCUT2D eigenvalue weighted by atomic mass is 16.1. The van der Waals surface area contributed by atoms with Crippen LogP contribution in [0.1, 0.15) is 10.4 Å². The van der Waals surface area contributed by atoms with Crippen LogP contribution in [0.25, 0.3) is 38.7 Å². The van der Waals surface area contributed by atoms with E-state index in [9.17, 15) is 4.79 Å². The molecule has 7 nitrogen and oxygen atoms in total. The summed E-state index contributed by atoms with van der Waals surface area (Å²) in [5.41, 5.74) is 12.1. The summed E-state index contributed by atoms with van der Waals surface area (Å²) in [6.45, 7) is 4.09. The summed E-state index contributed by atoms with van der Waals surface area (Å²) in [6.07, 6.45) is 5.72. The first-order valence-electron chi connectivity index (χ1n) is 11.4. The summed E-state index contributed by atoms with van der Waals surface area (Å²) in [5.74, 6) is -0.437. The molecule has 0 bridgehead atoms. The third kappa shape index (κ3) is 3.47. The average molecular weight is 449 g/mol. The molecular weight excluding hydrogens is 424 g/mol. The van der Waals surface area contributed by atoms with E-state index in [1.165, 1.54) is 5.69 Å². The van der Waals surface area contributed by atoms with E-state index in [-0.39, 0.29) is 0 Å². The first-order chi connectivity index (χ1) is 16.7. The van der Waals surface area contributed by atoms with Gasteiger partial charge in [-0.05, 0) is 40.1 Å². The number of amides is 1. The van der Waals surface area contributed by atoms with Gasteiger partial charge in [-0.15, -0.1) is 0 Å². The van der Waals surface area contributed by atoms with Crippen molar-refractivity contribution in [2.24, 2.45) is 5.73 Å². The Balaban J connectivity index is 1.37. The molecule has 3 heterocycles. The third-order valence-electron chi connectivity index (χ3n) is 6.52. The fourth-order valence-corrected chi connectivity index (χ4v) is 4.76. The highest BCUT2D eigenvalue weighted by Gasteiger charge is 2.15. The van der Waals surface area contributed by atoms with Gasteiger partial charge in [-0.2, -0.15) is 5.10 Å². The maximum absolute atomic E-state index is 11.9. The Morgan fingerprint density at radius 2 is 1.62 bits per heavy atom. The molecule has 3 aromatic carbocycles. The number of hydrogen-bond acceptors (Lipinski definition) is 5. The van der Waals surface area contributed by atoms with Gasteiger partial charge in [0.2, 0.25) is 5.91 Å². The quantitative estimate of drug-likeness (QED) is 0.437. The monoisotopic (exact) mass is 448 g/mol. The predicted molar refractivity (Wildman–Crippen MR) is 135 cm³/mol. The van der Waals surface area contributed by atoms with E-state index in [0.29, 0.717) is 5.56 Å². The maximum Gasteiger partial charge on any atom is 0.249 e. The van der Waals surface area contributed by atoms with Crippen molar-refractivity contribution < 1.29 is 4.79 Å². The number of fused-ring (bicyclic) bond motifs is 2. The number of carbonyl (C=O) groups excluding carboxylic acids is 1. The fourth-order valence-electron chi connectivity index (χ4n) is 4.76. The average Bonchev–Trinajstić information content (AvgIpc) is 3.31. The topological polar surface area (TPSA) is 88.5 Å². The summed E-state index contributed by atoms with van der Waals surface area (Å²) in [7, 11) is 0. The lowest BCUT2D eigenvalue weighted by Gasteiger charge is -2.29. The van der Waals surface area contributed by atoms with E-state index in [0.717, 1.165) is 64.9 Å². The number of nitrogens with two attached hydrogens (primary N) is 1. The van der Waals surface area contributed by atoms with E-state index < -0.39 is 5.91 Å². The standard InChI is InChI=1S/C27H24N6O/c28-26(34)24-6-2-3-21-22(24)4-1-5-23(21)25-16-31-33-17-19(15-30-27(25)33)18-7-9-20(10-8-18)32-13-11-29-12-14-32/h1-10,15-17,29H,11-14H2,(H2,28,34). The molecule has 3 N–H and O–H groups in total. The molecule has 0 spiro atoms. The van der Waals surface area contributed by atoms with Crippen LogP contribution in [0.15, 0.2) is 79.3 Å². The second-order valence-electron chi connectivity index (χ2n) is 8.52. The molecule has 1 aliphatic heterocycles. The molecule has 0 radical (unpaired) electrons. The first kappa shape index (κ1) is 20.4. The number of nitrogens with one attached hydrogen (secondary N) is 1. The maximum atomic E-state index is 11.9. The van der Waals surface area contributed by atoms with Crippen molar-refractivity contribution in [2.75, 3.05) is 31.1 Å². The van der Waals surface area contributed by atoms with Crippen molar-refractivity contribution in [1.29, 1.82) is 0 Å². The molecule has 0 aliphatic carbocycles. The predicted octanol–water partition coefficient (Wildman–Crippen LogP) is 3.73. The van der Waals surface area contributed by atoms with Crippen molar-refractivity contribution in [2.45, 2.75) is 0 Å². The summed E-state index contributed by atoms with van der Waals surface area (Å²) in [5, 5.41) is 9.75. The number of carbonyl (C=O) groups is 1. The van der Waals surface area contributed by atoms with E-state index >= 15 is 0 Å². The zero-order valence-corrected chi connectivity index (χ0v) is 18.6. The molecular formula is C27H24N6O. The Morgan fingerprint density at radius 3 is 2.41 bits per heavy atom. The van der Waals surface area contributed by atoms with Crippen LogP contribution < -0.4 is 16.0 Å². The summed E-state index contributed by atoms with van der Waals surface area (Å²) in [4.78, 5) is 19.1. The van der Waals surface area contributed by atoms with Gasteiger partial charge in [0.15, 0.2) is 5.65 Å². The number of nitrogens with zero attached hydrogens (tertiary/aromatic N) is 4. The molecule has 6 rings (SSSR count). The van der Waals surface area contributed by atoms with Gasteiger partial charge in [0.25, 0.3) is 0 Å². The normalized spacial score (nSPS) is 14.1. The lowest BCUT2D eigenvalue weighted by atomic mass is 9.96. The number of rotatable bonds is 4. The van der Waals surface area contributed by atoms with E-state index in [1.54, 1.807) is 6.07 Å². The molecule has 2 aromatic heterocycles. The highest BCUT2D eigenvalue weighted by molar-refractivity contribution is 6.10. The number of benzene rings is 3. The minimum atomic E-state index is -0.437. The fraction of sp³-hybridized carbons (Fsp3) is 0.148. The molecule has 0 unspecified atom stereocenters. The van der Waals surface area contributed by atoms with Crippen LogP contribution in [-0.2, 0) is 0 Å². The molecule has 1 aliphatic rings. The van der Waals surface area contributed by atoms with Crippen LogP contribution >= 0.6 is 0 Å². The van der Waals surface area contributed by atoms with Crippen LogP contribution in [-0.4, -0.2) is 46.7 Å². The largest absolute Gasteiger partial charge is 0.369 e. The van der Waals surface area contributed by atoms with Gasteiger partial charge in [-0.25, -0.2) is 9.50 Å². The second-order valence-corrected chi connectivity index (χ2v) is 8.52. The third-order valence-corrected chi connectivity index (χ3v) is 6.52. The van der Waals surface area contributed by atoms with E-state index in [2.05, 4.69) is 39.6 Å². The molecule has 34 heavy (non-hydrogen) atoms. The minimum absolute atomic E-state index is 0.437. The van der Waals surface area contributed by atoms with Gasteiger partial charge >= 0.3 is 0 Å². The molecule has 168 valence electrons. The molecule has 1 amide bonds. The van der Waals surface area contributed by atoms with Crippen LogP contribution in [0.3, 0.4) is 0 Å². The van der Waals surface area contributed by atoms with Gasteiger partial charge in [0.05, 0.1) is 6.20 Å². The Morgan fingerprint density at radius 1 is 0.853 bits per heavy atom. The zero-order valence-electron chi connectivity index (χ0n) is 18.6. The second kappa shape index (κ2) is 8.28. The summed E-state index contributed by atoms with van der Waals surface area (Å²) in [6, 6.07) is 20.1. The SMILES string of the molecule is NC(=O)c1cccc2c(-c3cnn4cc(-c5ccc(N6CCNCC6)cc5)cnc34)cccc12. The van der Waals surface area contributed by atoms with Gasteiger partial charge < -0.3 is 16.0 Å². The number of hydrogen-bond donors (Lipinski definition) is 2. The van der Waals surface area contributed by atoms with Crippen molar-refractivity contribution in [1.82, 2.24) is 19.9 Å². The van der Waals surface area contributed by atoms with Crippen molar-refractivity contribution in [3.05, 3.63) is 84.8 Å². The molecule has 1 fully saturated rings. The van der Waals surface area contributed by atoms with Gasteiger partial charge in [-0.3, -0.25) is 4.79 Å². The molecule has 5 aromatic rings. The van der Waals surface area contributed by atoms with Crippen LogP contribution in [0.2, 0.25) is 0 Å². The van der Waals surface area contributed by atoms with Crippen molar-refractivity contribution in [3.8, 4) is 22.3 Å². The van der Waals surface area contributed by atoms with E-state index in [4.69, 9.17) is 10.7 Å². The highest BCUT2D eigenvalue weighted by Crippen LogP contribution is 2.33. The van der Waals surface area contributed by atoms with Crippen molar-refractivity contribution in [3.63, 3.8) is 0 Å². The van der Waals surface area contributed by atoms with Crippen LogP contribution in [0.5, 0.6) is 0 Å². The first-order valence-corrected chi connectivity index (χ1v) is 11.4. The van der Waals surface area contributed by atoms with Gasteiger partial charge in [0, 0.05) is 61.0 Å². The van der Waals surface area contributed by atoms with Gasteiger partial charge in [-0.1, -0.05) is 42.5 Å². The zero-order chi connectivity index (χ0) is 23.1. The van der Waals surface area contributed by atoms with Crippen LogP contribution in [0, 0.1) is 0 Å². The number of aromatic nitrogens is 3. The van der Waals surface area contributed by atoms with Crippen LogP contribution in [0.4, 0.5) is 5.69 Å². The summed E-state index contributed by atoms with van der Waals surface area (Å²) < 4.78 is 1.81. The number of piperazine rings is 1. The number of anilines is 1. The van der Waals surface area contributed by atoms with Crippen molar-refractivity contribution >= 4 is 28.0 Å². The molecule has 0 saturated carbocycles. The Kier molecular flexibility index (Phi) is 4.96. The minimum Gasteiger partial charge on any atom is -0.369 e. The summed E-state index contributed by atoms with van der Waals surface area (Å²) >= 11 is 0. The Labute approximate surface area is 196 Å². The van der Waals surface area contributed by atoms with Gasteiger partial charge in [0.1, 0.15) is 0 Å². The Bertz CT molecular complexity index is 1520. The smallest absolute Gasteiger partial charge is 0.249 e. The molecule has 0 atom stereocenters. The van der Waals surface area contributed by atoms with E-state index in [1.807, 2.05) is 53.4 Å².